The summed E-state index contributed by atoms with van der Waals surface area (Å²) < 4.78 is 0. The minimum absolute atomic E-state index is 0.00996. The highest BCUT2D eigenvalue weighted by Gasteiger charge is 2.14. The molecule has 0 unspecified atom stereocenters. The second kappa shape index (κ2) is 8.16. The van der Waals surface area contributed by atoms with Crippen LogP contribution in [0.15, 0.2) is 72.0 Å². The van der Waals surface area contributed by atoms with E-state index in [4.69, 9.17) is 0 Å². The van der Waals surface area contributed by atoms with E-state index in [1.165, 1.54) is 6.07 Å². The summed E-state index contributed by atoms with van der Waals surface area (Å²) in [4.78, 5) is 4.35. The number of benzene rings is 2. The van der Waals surface area contributed by atoms with Gasteiger partial charge < -0.3 is 10.2 Å². The molecule has 0 aliphatic rings. The Hall–Kier alpha value is -3.34. The lowest BCUT2D eigenvalue weighted by molar-refractivity contribution is 0.445. The fourth-order valence-corrected chi connectivity index (χ4v) is 2.65. The molecule has 3 rings (SSSR count). The van der Waals surface area contributed by atoms with E-state index in [0.29, 0.717) is 24.1 Å². The van der Waals surface area contributed by atoms with Crippen molar-refractivity contribution >= 4 is 11.4 Å². The van der Waals surface area contributed by atoms with Crippen LogP contribution in [-0.4, -0.2) is 20.9 Å². The van der Waals surface area contributed by atoms with Crippen LogP contribution in [0.1, 0.15) is 23.7 Å². The van der Waals surface area contributed by atoms with Gasteiger partial charge in [-0.3, -0.25) is 10.4 Å². The first-order valence-electron chi connectivity index (χ1n) is 8.50. The summed E-state index contributed by atoms with van der Waals surface area (Å²) in [5.41, 5.74) is 6.69. The number of phenols is 2. The fourth-order valence-electron chi connectivity index (χ4n) is 2.65. The second-order valence-corrected chi connectivity index (χ2v) is 5.89. The van der Waals surface area contributed by atoms with Crippen LogP contribution in [0, 0.1) is 0 Å². The topological polar surface area (TPSA) is 77.7 Å². The number of aryl methyl sites for hydroxylation is 1. The number of hydrazone groups is 1. The lowest BCUT2D eigenvalue weighted by Crippen LogP contribution is -2.10. The summed E-state index contributed by atoms with van der Waals surface area (Å²) in [6, 6.07) is 18.4. The third kappa shape index (κ3) is 4.19. The molecule has 2 aromatic carbocycles. The zero-order valence-electron chi connectivity index (χ0n) is 14.6. The molecule has 0 bridgehead atoms. The van der Waals surface area contributed by atoms with Gasteiger partial charge in [0, 0.05) is 29.9 Å². The van der Waals surface area contributed by atoms with Crippen molar-refractivity contribution in [3.63, 3.8) is 0 Å². The van der Waals surface area contributed by atoms with Crippen molar-refractivity contribution < 1.29 is 10.2 Å². The Bertz CT molecular complexity index is 894. The van der Waals surface area contributed by atoms with Crippen molar-refractivity contribution in [1.29, 1.82) is 0 Å². The zero-order valence-corrected chi connectivity index (χ0v) is 14.6. The predicted molar refractivity (Wildman–Crippen MR) is 104 cm³/mol. The molecule has 1 aromatic heterocycles. The lowest BCUT2D eigenvalue weighted by Gasteiger charge is -2.12. The van der Waals surface area contributed by atoms with Gasteiger partial charge in [-0.15, -0.1) is 0 Å². The highest BCUT2D eigenvalue weighted by Crippen LogP contribution is 2.29. The van der Waals surface area contributed by atoms with Gasteiger partial charge in [0.15, 0.2) is 0 Å². The molecule has 0 atom stereocenters. The Morgan fingerprint density at radius 2 is 1.77 bits per heavy atom. The highest BCUT2D eigenvalue weighted by atomic mass is 16.3. The van der Waals surface area contributed by atoms with Gasteiger partial charge in [-0.2, -0.15) is 5.10 Å². The Balaban J connectivity index is 2.00. The minimum Gasteiger partial charge on any atom is -0.508 e. The van der Waals surface area contributed by atoms with E-state index in [2.05, 4.69) is 15.5 Å². The average Bonchev–Trinajstić information content (AvgIpc) is 2.67. The Labute approximate surface area is 152 Å². The molecule has 0 amide bonds. The largest absolute Gasteiger partial charge is 0.508 e. The normalized spacial score (nSPS) is 11.3. The van der Waals surface area contributed by atoms with Crippen LogP contribution in [0.2, 0.25) is 0 Å². The number of nitrogens with one attached hydrogen (secondary N) is 1. The van der Waals surface area contributed by atoms with Crippen LogP contribution >= 0.6 is 0 Å². The molecular formula is C21H21N3O2. The molecule has 0 saturated heterocycles. The van der Waals surface area contributed by atoms with Crippen molar-refractivity contribution in [1.82, 2.24) is 4.98 Å². The molecule has 0 spiro atoms. The van der Waals surface area contributed by atoms with Crippen LogP contribution in [-0.2, 0) is 12.8 Å². The molecule has 132 valence electrons. The lowest BCUT2D eigenvalue weighted by atomic mass is 10.00. The Morgan fingerprint density at radius 3 is 2.46 bits per heavy atom. The van der Waals surface area contributed by atoms with E-state index in [1.807, 2.05) is 55.5 Å². The number of anilines is 1. The van der Waals surface area contributed by atoms with Crippen LogP contribution in [0.25, 0.3) is 0 Å². The van der Waals surface area contributed by atoms with Gasteiger partial charge in [0.05, 0.1) is 11.4 Å². The molecule has 0 saturated carbocycles. The van der Waals surface area contributed by atoms with Crippen molar-refractivity contribution in [3.8, 4) is 11.5 Å². The smallest absolute Gasteiger partial charge is 0.128 e. The van der Waals surface area contributed by atoms with Gasteiger partial charge in [-0.1, -0.05) is 31.2 Å². The van der Waals surface area contributed by atoms with E-state index in [1.54, 1.807) is 12.3 Å². The van der Waals surface area contributed by atoms with Crippen molar-refractivity contribution in [2.75, 3.05) is 5.43 Å². The molecule has 3 aromatic rings. The molecule has 3 N–H and O–H groups in total. The van der Waals surface area contributed by atoms with Gasteiger partial charge in [0.25, 0.3) is 0 Å². The van der Waals surface area contributed by atoms with E-state index in [9.17, 15) is 10.2 Å². The number of phenolic OH excluding ortho intramolecular Hbond substituents is 2. The number of aromatic hydroxyl groups is 2. The van der Waals surface area contributed by atoms with Crippen molar-refractivity contribution in [2.45, 2.75) is 19.8 Å². The predicted octanol–water partition coefficient (Wildman–Crippen LogP) is 4.11. The number of nitrogens with zero attached hydrogens (tertiary/aromatic N) is 2. The van der Waals surface area contributed by atoms with Gasteiger partial charge in [-0.25, -0.2) is 0 Å². The van der Waals surface area contributed by atoms with Gasteiger partial charge in [0.2, 0.25) is 0 Å². The first-order valence-corrected chi connectivity index (χ1v) is 8.50. The zero-order chi connectivity index (χ0) is 18.4. The van der Waals surface area contributed by atoms with Crippen LogP contribution in [0.4, 0.5) is 5.69 Å². The second-order valence-electron chi connectivity index (χ2n) is 5.89. The average molecular weight is 347 g/mol. The first kappa shape index (κ1) is 17.5. The first-order chi connectivity index (χ1) is 12.7. The number of pyridine rings is 1. The van der Waals surface area contributed by atoms with E-state index >= 15 is 0 Å². The van der Waals surface area contributed by atoms with Crippen LogP contribution < -0.4 is 5.43 Å². The summed E-state index contributed by atoms with van der Waals surface area (Å²) in [6.07, 6.45) is 2.83. The third-order valence-electron chi connectivity index (χ3n) is 4.06. The summed E-state index contributed by atoms with van der Waals surface area (Å²) in [7, 11) is 0. The maximum absolute atomic E-state index is 10.4. The number of hydrogen-bond acceptors (Lipinski definition) is 5. The molecule has 1 heterocycles. The maximum atomic E-state index is 10.4. The van der Waals surface area contributed by atoms with E-state index < -0.39 is 0 Å². The molecule has 26 heavy (non-hydrogen) atoms. The summed E-state index contributed by atoms with van der Waals surface area (Å²) in [5.74, 6) is 0.0752. The molecular weight excluding hydrogens is 326 g/mol. The summed E-state index contributed by atoms with van der Waals surface area (Å²) in [6.45, 7) is 1.95. The number of hydrogen-bond donors (Lipinski definition) is 3. The van der Waals surface area contributed by atoms with E-state index in [-0.39, 0.29) is 11.5 Å². The SMILES string of the molecule is CCc1cc(/C(Cc2ccccn2)=N\Nc2ccccc2)c(O)cc1O. The Kier molecular flexibility index (Phi) is 5.49. The monoisotopic (exact) mass is 347 g/mol. The number of aromatic nitrogens is 1. The molecule has 5 nitrogen and oxygen atoms in total. The summed E-state index contributed by atoms with van der Waals surface area (Å²) in [5, 5.41) is 24.8. The van der Waals surface area contributed by atoms with E-state index in [0.717, 1.165) is 16.9 Å². The third-order valence-corrected chi connectivity index (χ3v) is 4.06. The van der Waals surface area contributed by atoms with Crippen LogP contribution in [0.5, 0.6) is 11.5 Å². The Morgan fingerprint density at radius 1 is 1.00 bits per heavy atom. The van der Waals surface area contributed by atoms with Gasteiger partial charge in [-0.05, 0) is 42.3 Å². The molecule has 0 aliphatic heterocycles. The molecule has 5 heteroatoms. The van der Waals surface area contributed by atoms with Crippen molar-refractivity contribution in [3.05, 3.63) is 83.7 Å². The molecule has 0 radical (unpaired) electrons. The standard InChI is InChI=1S/C21H21N3O2/c1-2-15-12-18(21(26)14-20(15)25)19(13-17-10-6-7-11-22-17)24-23-16-8-4-3-5-9-16/h3-12,14,23,25-26H,2,13H2,1H3/b24-19-. The van der Waals surface area contributed by atoms with Gasteiger partial charge in [0.1, 0.15) is 11.5 Å². The maximum Gasteiger partial charge on any atom is 0.128 e. The molecule has 0 aliphatic carbocycles. The van der Waals surface area contributed by atoms with Crippen LogP contribution in [0.3, 0.4) is 0 Å². The number of para-hydroxylation sites is 1. The highest BCUT2D eigenvalue weighted by molar-refractivity contribution is 6.04. The number of rotatable bonds is 6. The summed E-state index contributed by atoms with van der Waals surface area (Å²) >= 11 is 0. The molecule has 0 fully saturated rings. The fraction of sp³-hybridized carbons (Fsp3) is 0.143. The van der Waals surface area contributed by atoms with Gasteiger partial charge >= 0.3 is 0 Å². The van der Waals surface area contributed by atoms with Crippen molar-refractivity contribution in [2.24, 2.45) is 5.10 Å². The quantitative estimate of drug-likeness (QED) is 0.463. The minimum atomic E-state index is -0.00996.